The molecule has 0 N–H and O–H groups in total. The van der Waals surface area contributed by atoms with E-state index >= 15 is 0 Å². The highest BCUT2D eigenvalue weighted by atomic mass is 16.5. The molecule has 5 aromatic rings. The fraction of sp³-hybridized carbons (Fsp3) is 0.161. The molecule has 1 heterocycles. The summed E-state index contributed by atoms with van der Waals surface area (Å²) in [5.41, 5.74) is 8.04. The first kappa shape index (κ1) is 22.8. The maximum atomic E-state index is 6.05. The average Bonchev–Trinajstić information content (AvgIpc) is 3.35. The van der Waals surface area contributed by atoms with Gasteiger partial charge in [-0.15, -0.1) is 10.2 Å². The van der Waals surface area contributed by atoms with Crippen LogP contribution in [-0.2, 0) is 24.4 Å². The lowest BCUT2D eigenvalue weighted by Crippen LogP contribution is -2.07. The molecule has 174 valence electrons. The summed E-state index contributed by atoms with van der Waals surface area (Å²) in [7, 11) is 0. The zero-order valence-corrected chi connectivity index (χ0v) is 20.2. The second kappa shape index (κ2) is 10.5. The van der Waals surface area contributed by atoms with E-state index in [1.54, 1.807) is 0 Å². The summed E-state index contributed by atoms with van der Waals surface area (Å²) >= 11 is 0. The van der Waals surface area contributed by atoms with Crippen molar-refractivity contribution in [3.05, 3.63) is 126 Å². The lowest BCUT2D eigenvalue weighted by Gasteiger charge is -2.16. The fourth-order valence-corrected chi connectivity index (χ4v) is 4.35. The van der Waals surface area contributed by atoms with Crippen LogP contribution in [0.3, 0.4) is 0 Å². The van der Waals surface area contributed by atoms with Gasteiger partial charge in [0.05, 0.1) is 18.9 Å². The highest BCUT2D eigenvalue weighted by Gasteiger charge is 2.17. The Bertz CT molecular complexity index is 1390. The molecule has 0 bridgehead atoms. The zero-order valence-electron chi connectivity index (χ0n) is 20.2. The third kappa shape index (κ3) is 4.93. The molecule has 0 radical (unpaired) electrons. The van der Waals surface area contributed by atoms with Crippen LogP contribution in [0.4, 0.5) is 0 Å². The van der Waals surface area contributed by atoms with Gasteiger partial charge in [0.2, 0.25) is 0 Å². The first-order chi connectivity index (χ1) is 17.2. The average molecular weight is 460 g/mol. The van der Waals surface area contributed by atoms with Crippen molar-refractivity contribution in [2.24, 2.45) is 0 Å². The quantitative estimate of drug-likeness (QED) is 0.247. The smallest absolute Gasteiger partial charge is 0.168 e. The van der Waals surface area contributed by atoms with Gasteiger partial charge >= 0.3 is 0 Å². The van der Waals surface area contributed by atoms with Crippen LogP contribution >= 0.6 is 0 Å². The van der Waals surface area contributed by atoms with Crippen molar-refractivity contribution < 1.29 is 4.74 Å². The second-order valence-electron chi connectivity index (χ2n) is 8.61. The zero-order chi connectivity index (χ0) is 24.0. The van der Waals surface area contributed by atoms with Gasteiger partial charge in [0.15, 0.2) is 5.82 Å². The predicted octanol–water partition coefficient (Wildman–Crippen LogP) is 7.19. The number of ether oxygens (including phenoxy) is 1. The number of aromatic nitrogens is 3. The van der Waals surface area contributed by atoms with Gasteiger partial charge in [-0.2, -0.15) is 0 Å². The Hall–Kier alpha value is -4.02. The van der Waals surface area contributed by atoms with Gasteiger partial charge in [0, 0.05) is 12.0 Å². The molecule has 0 aliphatic carbocycles. The van der Waals surface area contributed by atoms with Crippen LogP contribution in [0.15, 0.2) is 103 Å². The summed E-state index contributed by atoms with van der Waals surface area (Å²) in [6.07, 6.45) is 0.795. The highest BCUT2D eigenvalue weighted by Crippen LogP contribution is 2.29. The molecule has 0 aliphatic heterocycles. The Balaban J connectivity index is 1.44. The van der Waals surface area contributed by atoms with Gasteiger partial charge in [-0.1, -0.05) is 104 Å². The van der Waals surface area contributed by atoms with Gasteiger partial charge in [0.1, 0.15) is 5.82 Å². The van der Waals surface area contributed by atoms with Crippen molar-refractivity contribution in [2.75, 3.05) is 0 Å². The number of hydrogen-bond donors (Lipinski definition) is 0. The van der Waals surface area contributed by atoms with E-state index < -0.39 is 0 Å². The minimum absolute atomic E-state index is 0.555. The first-order valence-corrected chi connectivity index (χ1v) is 12.0. The number of nitrogens with zero attached hydrogens (tertiary/aromatic N) is 3. The van der Waals surface area contributed by atoms with E-state index in [1.807, 2.05) is 24.3 Å². The molecule has 0 spiro atoms. The number of rotatable bonds is 8. The Morgan fingerprint density at radius 1 is 0.657 bits per heavy atom. The molecule has 0 aliphatic rings. The molecule has 4 nitrogen and oxygen atoms in total. The van der Waals surface area contributed by atoms with Crippen LogP contribution in [0, 0.1) is 6.92 Å². The minimum Gasteiger partial charge on any atom is -0.372 e. The molecule has 5 rings (SSSR count). The van der Waals surface area contributed by atoms with Crippen molar-refractivity contribution in [1.82, 2.24) is 14.8 Å². The first-order valence-electron chi connectivity index (χ1n) is 12.0. The minimum atomic E-state index is 0.555. The van der Waals surface area contributed by atoms with Crippen LogP contribution in [0.25, 0.3) is 28.2 Å². The van der Waals surface area contributed by atoms with E-state index in [4.69, 9.17) is 4.74 Å². The van der Waals surface area contributed by atoms with Crippen LogP contribution in [0.1, 0.15) is 29.4 Å². The van der Waals surface area contributed by atoms with E-state index in [-0.39, 0.29) is 0 Å². The number of hydrogen-bond acceptors (Lipinski definition) is 3. The summed E-state index contributed by atoms with van der Waals surface area (Å²) < 4.78 is 8.23. The van der Waals surface area contributed by atoms with Gasteiger partial charge in [-0.3, -0.25) is 4.57 Å². The van der Waals surface area contributed by atoms with Gasteiger partial charge < -0.3 is 4.74 Å². The van der Waals surface area contributed by atoms with Crippen molar-refractivity contribution in [1.29, 1.82) is 0 Å². The van der Waals surface area contributed by atoms with Crippen molar-refractivity contribution in [2.45, 2.75) is 33.5 Å². The van der Waals surface area contributed by atoms with Crippen LogP contribution in [0.5, 0.6) is 0 Å². The summed E-state index contributed by atoms with van der Waals surface area (Å²) in [6.45, 7) is 5.42. The van der Waals surface area contributed by atoms with E-state index in [0.717, 1.165) is 29.3 Å². The molecule has 0 saturated carbocycles. The Labute approximate surface area is 206 Å². The van der Waals surface area contributed by atoms with Crippen molar-refractivity contribution in [3.8, 4) is 28.2 Å². The van der Waals surface area contributed by atoms with Crippen LogP contribution < -0.4 is 0 Å². The normalized spacial score (nSPS) is 11.0. The molecule has 0 unspecified atom stereocenters. The molecule has 0 atom stereocenters. The molecular weight excluding hydrogens is 430 g/mol. The standard InChI is InChI=1S/C31H29N3O/c1-3-30-32-33-31(27-19-17-26(18-20-27)25-13-8-5-9-14-25)34(30)29-16-10-15-28(23(29)2)22-35-21-24-11-6-4-7-12-24/h4-20H,3,21-22H2,1-2H3. The molecule has 1 aromatic heterocycles. The molecule has 4 aromatic carbocycles. The SMILES string of the molecule is CCc1nnc(-c2ccc(-c3ccccc3)cc2)n1-c1cccc(COCc2ccccc2)c1C. The third-order valence-corrected chi connectivity index (χ3v) is 6.32. The lowest BCUT2D eigenvalue weighted by atomic mass is 10.0. The fourth-order valence-electron chi connectivity index (χ4n) is 4.35. The third-order valence-electron chi connectivity index (χ3n) is 6.32. The highest BCUT2D eigenvalue weighted by molar-refractivity contribution is 5.68. The lowest BCUT2D eigenvalue weighted by molar-refractivity contribution is 0.107. The van der Waals surface area contributed by atoms with E-state index in [9.17, 15) is 0 Å². The van der Waals surface area contributed by atoms with Crippen molar-refractivity contribution >= 4 is 0 Å². The molecule has 0 saturated heterocycles. The Kier molecular flexibility index (Phi) is 6.82. The number of benzene rings is 4. The maximum Gasteiger partial charge on any atom is 0.168 e. The van der Waals surface area contributed by atoms with E-state index in [0.29, 0.717) is 13.2 Å². The summed E-state index contributed by atoms with van der Waals surface area (Å²) in [4.78, 5) is 0. The summed E-state index contributed by atoms with van der Waals surface area (Å²) in [5.74, 6) is 1.80. The Morgan fingerprint density at radius 2 is 1.31 bits per heavy atom. The van der Waals surface area contributed by atoms with Gasteiger partial charge in [-0.05, 0) is 40.8 Å². The molecular formula is C31H29N3O. The van der Waals surface area contributed by atoms with Crippen molar-refractivity contribution in [3.63, 3.8) is 0 Å². The number of aryl methyl sites for hydroxylation is 1. The van der Waals surface area contributed by atoms with E-state index in [2.05, 4.69) is 107 Å². The summed E-state index contributed by atoms with van der Waals surface area (Å²) in [6, 6.07) is 35.6. The largest absolute Gasteiger partial charge is 0.372 e. The monoisotopic (exact) mass is 459 g/mol. The Morgan fingerprint density at radius 3 is 2.03 bits per heavy atom. The van der Waals surface area contributed by atoms with Crippen LogP contribution in [0.2, 0.25) is 0 Å². The second-order valence-corrected chi connectivity index (χ2v) is 8.61. The summed E-state index contributed by atoms with van der Waals surface area (Å²) in [5, 5.41) is 9.11. The maximum absolute atomic E-state index is 6.05. The molecule has 0 amide bonds. The predicted molar refractivity (Wildman–Crippen MR) is 141 cm³/mol. The van der Waals surface area contributed by atoms with E-state index in [1.165, 1.54) is 27.8 Å². The molecule has 35 heavy (non-hydrogen) atoms. The topological polar surface area (TPSA) is 39.9 Å². The van der Waals surface area contributed by atoms with Crippen LogP contribution in [-0.4, -0.2) is 14.8 Å². The van der Waals surface area contributed by atoms with Gasteiger partial charge in [-0.25, -0.2) is 0 Å². The molecule has 0 fully saturated rings. The van der Waals surface area contributed by atoms with Gasteiger partial charge in [0.25, 0.3) is 0 Å². The molecule has 4 heteroatoms.